The van der Waals surface area contributed by atoms with E-state index in [1.807, 2.05) is 19.1 Å². The Kier molecular flexibility index (Phi) is 4.35. The molecule has 3 heteroatoms. The Bertz CT molecular complexity index is 355. The molecule has 1 aromatic rings. The number of nitrogens with two attached hydrogens (primary N) is 1. The van der Waals surface area contributed by atoms with Crippen molar-refractivity contribution >= 4 is 5.84 Å². The van der Waals surface area contributed by atoms with Gasteiger partial charge in [-0.3, -0.25) is 0 Å². The summed E-state index contributed by atoms with van der Waals surface area (Å²) in [7, 11) is 0. The second kappa shape index (κ2) is 5.54. The van der Waals surface area contributed by atoms with Crippen LogP contribution in [0.15, 0.2) is 29.4 Å². The van der Waals surface area contributed by atoms with Gasteiger partial charge in [0, 0.05) is 5.92 Å². The fraction of sp³-hybridized carbons (Fsp3) is 0.462. The molecular formula is C13H20N2O. The van der Waals surface area contributed by atoms with Gasteiger partial charge >= 0.3 is 0 Å². The Hall–Kier alpha value is -1.51. The molecule has 16 heavy (non-hydrogen) atoms. The summed E-state index contributed by atoms with van der Waals surface area (Å²) in [4.78, 5) is 0. The Morgan fingerprint density at radius 3 is 2.25 bits per heavy atom. The minimum atomic E-state index is -0.0434. The first kappa shape index (κ1) is 12.6. The van der Waals surface area contributed by atoms with E-state index in [9.17, 15) is 0 Å². The summed E-state index contributed by atoms with van der Waals surface area (Å²) < 4.78 is 0. The van der Waals surface area contributed by atoms with Crippen molar-refractivity contribution in [3.8, 4) is 0 Å². The first-order chi connectivity index (χ1) is 7.54. The highest BCUT2D eigenvalue weighted by molar-refractivity contribution is 5.86. The number of oxime groups is 1. The van der Waals surface area contributed by atoms with Crippen LogP contribution in [0.25, 0.3) is 0 Å². The summed E-state index contributed by atoms with van der Waals surface area (Å²) in [5, 5.41) is 11.6. The van der Waals surface area contributed by atoms with Crippen molar-refractivity contribution in [2.24, 2.45) is 16.8 Å². The molecule has 3 nitrogen and oxygen atoms in total. The second-order valence-electron chi connectivity index (χ2n) is 4.59. The first-order valence-electron chi connectivity index (χ1n) is 5.60. The summed E-state index contributed by atoms with van der Waals surface area (Å²) in [5.41, 5.74) is 7.96. The van der Waals surface area contributed by atoms with Crippen molar-refractivity contribution in [1.82, 2.24) is 0 Å². The van der Waals surface area contributed by atoms with Gasteiger partial charge in [0.25, 0.3) is 0 Å². The van der Waals surface area contributed by atoms with E-state index in [-0.39, 0.29) is 11.8 Å². The molecule has 0 aliphatic rings. The monoisotopic (exact) mass is 220 g/mol. The average molecular weight is 220 g/mol. The Balaban J connectivity index is 2.78. The molecule has 1 aromatic carbocycles. The van der Waals surface area contributed by atoms with Gasteiger partial charge in [0.05, 0.1) is 0 Å². The third kappa shape index (κ3) is 3.26. The third-order valence-corrected chi connectivity index (χ3v) is 2.68. The van der Waals surface area contributed by atoms with Crippen LogP contribution in [0.2, 0.25) is 0 Å². The van der Waals surface area contributed by atoms with Crippen LogP contribution in [-0.4, -0.2) is 11.0 Å². The lowest BCUT2D eigenvalue weighted by atomic mass is 9.96. The van der Waals surface area contributed by atoms with Crippen molar-refractivity contribution in [2.75, 3.05) is 0 Å². The number of hydrogen-bond donors (Lipinski definition) is 2. The molecule has 0 aliphatic heterocycles. The second-order valence-corrected chi connectivity index (χ2v) is 4.59. The average Bonchev–Trinajstić information content (AvgIpc) is 2.27. The van der Waals surface area contributed by atoms with E-state index in [1.165, 1.54) is 5.56 Å². The third-order valence-electron chi connectivity index (χ3n) is 2.68. The highest BCUT2D eigenvalue weighted by Gasteiger charge is 2.10. The summed E-state index contributed by atoms with van der Waals surface area (Å²) in [5.74, 6) is 0.863. The Morgan fingerprint density at radius 1 is 1.25 bits per heavy atom. The maximum atomic E-state index is 8.60. The zero-order valence-electron chi connectivity index (χ0n) is 10.1. The molecule has 0 amide bonds. The summed E-state index contributed by atoms with van der Waals surface area (Å²) >= 11 is 0. The summed E-state index contributed by atoms with van der Waals surface area (Å²) in [6.07, 6.45) is 1.08. The summed E-state index contributed by atoms with van der Waals surface area (Å²) in [6, 6.07) is 8.30. The number of benzene rings is 1. The van der Waals surface area contributed by atoms with E-state index in [4.69, 9.17) is 10.9 Å². The van der Waals surface area contributed by atoms with Gasteiger partial charge in [-0.15, -0.1) is 0 Å². The lowest BCUT2D eigenvalue weighted by molar-refractivity contribution is 0.316. The van der Waals surface area contributed by atoms with Crippen molar-refractivity contribution in [3.05, 3.63) is 35.4 Å². The van der Waals surface area contributed by atoms with Crippen LogP contribution in [0.5, 0.6) is 0 Å². The van der Waals surface area contributed by atoms with Gasteiger partial charge in [-0.05, 0) is 23.5 Å². The molecule has 0 aliphatic carbocycles. The maximum Gasteiger partial charge on any atom is 0.146 e. The fourth-order valence-corrected chi connectivity index (χ4v) is 1.67. The number of amidine groups is 1. The molecule has 0 radical (unpaired) electrons. The van der Waals surface area contributed by atoms with Crippen molar-refractivity contribution in [2.45, 2.75) is 33.1 Å². The first-order valence-corrected chi connectivity index (χ1v) is 5.60. The standard InChI is InChI=1S/C13H20N2O/c1-9(2)8-11-4-6-12(7-5-11)10(3)13(14)15-16/h4-7,9-10,16H,8H2,1-3H3,(H2,14,15)/t10-/m1/s1. The number of nitrogens with zero attached hydrogens (tertiary/aromatic N) is 1. The molecule has 1 atom stereocenters. The SMILES string of the molecule is CC(C)Cc1ccc([C@@H](C)C(N)=NO)cc1. The molecule has 0 unspecified atom stereocenters. The van der Waals surface area contributed by atoms with Gasteiger partial charge < -0.3 is 10.9 Å². The van der Waals surface area contributed by atoms with Crippen LogP contribution in [0.1, 0.15) is 37.8 Å². The van der Waals surface area contributed by atoms with E-state index < -0.39 is 0 Å². The van der Waals surface area contributed by atoms with Crippen LogP contribution in [0.3, 0.4) is 0 Å². The Morgan fingerprint density at radius 2 is 1.81 bits per heavy atom. The molecule has 0 saturated carbocycles. The number of rotatable bonds is 4. The topological polar surface area (TPSA) is 58.6 Å². The smallest absolute Gasteiger partial charge is 0.146 e. The molecule has 0 aromatic heterocycles. The fourth-order valence-electron chi connectivity index (χ4n) is 1.67. The van der Waals surface area contributed by atoms with Gasteiger partial charge in [-0.25, -0.2) is 0 Å². The van der Waals surface area contributed by atoms with Crippen LogP contribution >= 0.6 is 0 Å². The maximum absolute atomic E-state index is 8.60. The molecule has 0 saturated heterocycles. The highest BCUT2D eigenvalue weighted by atomic mass is 16.4. The molecule has 0 fully saturated rings. The van der Waals surface area contributed by atoms with Crippen molar-refractivity contribution in [1.29, 1.82) is 0 Å². The van der Waals surface area contributed by atoms with Crippen molar-refractivity contribution < 1.29 is 5.21 Å². The van der Waals surface area contributed by atoms with Crippen LogP contribution in [0.4, 0.5) is 0 Å². The largest absolute Gasteiger partial charge is 0.409 e. The quantitative estimate of drug-likeness (QED) is 0.355. The van der Waals surface area contributed by atoms with Crippen molar-refractivity contribution in [3.63, 3.8) is 0 Å². The van der Waals surface area contributed by atoms with Gasteiger partial charge in [0.2, 0.25) is 0 Å². The molecule has 3 N–H and O–H groups in total. The lowest BCUT2D eigenvalue weighted by Crippen LogP contribution is -2.19. The predicted octanol–water partition coefficient (Wildman–Crippen LogP) is 2.74. The minimum Gasteiger partial charge on any atom is -0.409 e. The summed E-state index contributed by atoms with van der Waals surface area (Å²) in [6.45, 7) is 6.33. The predicted molar refractivity (Wildman–Crippen MR) is 66.8 cm³/mol. The lowest BCUT2D eigenvalue weighted by Gasteiger charge is -2.11. The van der Waals surface area contributed by atoms with Crippen LogP contribution < -0.4 is 5.73 Å². The molecule has 0 spiro atoms. The van der Waals surface area contributed by atoms with E-state index >= 15 is 0 Å². The van der Waals surface area contributed by atoms with E-state index in [0.29, 0.717) is 5.92 Å². The van der Waals surface area contributed by atoms with E-state index in [0.717, 1.165) is 12.0 Å². The molecule has 88 valence electrons. The van der Waals surface area contributed by atoms with Gasteiger partial charge in [0.15, 0.2) is 0 Å². The zero-order valence-corrected chi connectivity index (χ0v) is 10.1. The molecular weight excluding hydrogens is 200 g/mol. The Labute approximate surface area is 97.0 Å². The molecule has 0 heterocycles. The molecule has 0 bridgehead atoms. The van der Waals surface area contributed by atoms with E-state index in [1.54, 1.807) is 0 Å². The number of hydrogen-bond acceptors (Lipinski definition) is 2. The van der Waals surface area contributed by atoms with Crippen LogP contribution in [0, 0.1) is 5.92 Å². The van der Waals surface area contributed by atoms with E-state index in [2.05, 4.69) is 31.1 Å². The van der Waals surface area contributed by atoms with Crippen LogP contribution in [-0.2, 0) is 6.42 Å². The minimum absolute atomic E-state index is 0.0434. The zero-order chi connectivity index (χ0) is 12.1. The van der Waals surface area contributed by atoms with Gasteiger partial charge in [-0.1, -0.05) is 50.2 Å². The normalized spacial score (nSPS) is 14.1. The van der Waals surface area contributed by atoms with Gasteiger partial charge in [-0.2, -0.15) is 0 Å². The van der Waals surface area contributed by atoms with Gasteiger partial charge in [0.1, 0.15) is 5.84 Å². The highest BCUT2D eigenvalue weighted by Crippen LogP contribution is 2.17. The molecule has 1 rings (SSSR count).